The molecule has 1 spiro atoms. The van der Waals surface area contributed by atoms with E-state index in [1.165, 1.54) is 28.8 Å². The Hall–Kier alpha value is -4.16. The summed E-state index contributed by atoms with van der Waals surface area (Å²) in [6.45, 7) is 0.654. The Balaban J connectivity index is 1.34. The number of carbonyl (C=O) groups is 2. The van der Waals surface area contributed by atoms with Crippen molar-refractivity contribution < 1.29 is 31.9 Å². The van der Waals surface area contributed by atoms with Gasteiger partial charge in [-0.25, -0.2) is 13.8 Å². The number of benzene rings is 2. The molecule has 3 heterocycles. The first kappa shape index (κ1) is 25.1. The summed E-state index contributed by atoms with van der Waals surface area (Å²) in [5.41, 5.74) is -0.160. The zero-order valence-corrected chi connectivity index (χ0v) is 21.2. The first-order valence-corrected chi connectivity index (χ1v) is 13.6. The van der Waals surface area contributed by atoms with Crippen LogP contribution in [0.2, 0.25) is 0 Å². The van der Waals surface area contributed by atoms with Gasteiger partial charge < -0.3 is 10.1 Å². The Bertz CT molecular complexity index is 1780. The average molecular weight is 553 g/mol. The number of anilines is 1. The number of phenols is 1. The first-order chi connectivity index (χ1) is 18.6. The lowest BCUT2D eigenvalue weighted by Gasteiger charge is -2.18. The van der Waals surface area contributed by atoms with Crippen LogP contribution in [0, 0.1) is 17.0 Å². The van der Waals surface area contributed by atoms with Gasteiger partial charge in [-0.05, 0) is 60.6 Å². The van der Waals surface area contributed by atoms with Crippen LogP contribution in [0.1, 0.15) is 45.5 Å². The molecule has 2 aromatic heterocycles. The van der Waals surface area contributed by atoms with Crippen molar-refractivity contribution in [3.63, 3.8) is 0 Å². The third-order valence-electron chi connectivity index (χ3n) is 7.52. The van der Waals surface area contributed by atoms with E-state index < -0.39 is 38.9 Å². The molecule has 1 saturated heterocycles. The van der Waals surface area contributed by atoms with Crippen molar-refractivity contribution in [2.75, 3.05) is 17.8 Å². The number of pyridine rings is 1. The molecule has 0 radical (unpaired) electrons. The van der Waals surface area contributed by atoms with E-state index in [-0.39, 0.29) is 33.3 Å². The molecular weight excluding hydrogens is 530 g/mol. The standard InChI is InChI=1S/C27H22F2N4O5S/c28-20-3-4-21(32-39(37,38)33-8-7-27(14-33)5-6-27)24(29)23(20)25(36)19-12-31-26-18(19)9-17(11-30-26)15-1-2-16(13-34)22(35)10-15/h1-4,9-13,32,35H,5-8,14H2,(H,30,31). The smallest absolute Gasteiger partial charge is 0.301 e. The fourth-order valence-electron chi connectivity index (χ4n) is 5.03. The van der Waals surface area contributed by atoms with Gasteiger partial charge in [0.05, 0.1) is 16.8 Å². The molecule has 3 N–H and O–H groups in total. The van der Waals surface area contributed by atoms with Gasteiger partial charge in [0.25, 0.3) is 0 Å². The fourth-order valence-corrected chi connectivity index (χ4v) is 6.37. The maximum absolute atomic E-state index is 15.5. The number of carbonyl (C=O) groups excluding carboxylic acids is 2. The number of rotatable bonds is 7. The second-order valence-electron chi connectivity index (χ2n) is 10.0. The summed E-state index contributed by atoms with van der Waals surface area (Å²) in [5.74, 6) is -3.71. The number of nitrogens with one attached hydrogen (secondary N) is 2. The number of fused-ring (bicyclic) bond motifs is 1. The van der Waals surface area contributed by atoms with Crippen molar-refractivity contribution in [1.29, 1.82) is 0 Å². The minimum Gasteiger partial charge on any atom is -0.507 e. The number of ketones is 1. The molecule has 12 heteroatoms. The van der Waals surface area contributed by atoms with Crippen molar-refractivity contribution in [2.24, 2.45) is 5.41 Å². The molecule has 0 atom stereocenters. The zero-order chi connectivity index (χ0) is 27.5. The van der Waals surface area contributed by atoms with Gasteiger partial charge in [-0.1, -0.05) is 6.07 Å². The number of phenolic OH excluding ortho intramolecular Hbond substituents is 1. The summed E-state index contributed by atoms with van der Waals surface area (Å²) in [5, 5.41) is 10.3. The molecule has 0 amide bonds. The van der Waals surface area contributed by atoms with Crippen molar-refractivity contribution >= 4 is 39.0 Å². The van der Waals surface area contributed by atoms with Crippen LogP contribution in [0.25, 0.3) is 22.2 Å². The Kier molecular flexibility index (Phi) is 5.77. The SMILES string of the molecule is O=Cc1ccc(-c2cnc3[nH]cc(C(=O)c4c(F)ccc(NS(=O)(=O)N5CCC6(CC6)C5)c4F)c3c2)cc1O. The Morgan fingerprint density at radius 1 is 1.13 bits per heavy atom. The molecule has 2 fully saturated rings. The van der Waals surface area contributed by atoms with Gasteiger partial charge in [0, 0.05) is 42.0 Å². The summed E-state index contributed by atoms with van der Waals surface area (Å²) in [7, 11) is -4.10. The quantitative estimate of drug-likeness (QED) is 0.230. The van der Waals surface area contributed by atoms with E-state index in [1.54, 1.807) is 12.1 Å². The maximum atomic E-state index is 15.5. The van der Waals surface area contributed by atoms with E-state index >= 15 is 4.39 Å². The molecule has 1 saturated carbocycles. The molecule has 39 heavy (non-hydrogen) atoms. The largest absolute Gasteiger partial charge is 0.507 e. The predicted octanol–water partition coefficient (Wildman–Crippen LogP) is 4.40. The normalized spacial score (nSPS) is 16.6. The van der Waals surface area contributed by atoms with Gasteiger partial charge in [0.2, 0.25) is 5.78 Å². The zero-order valence-electron chi connectivity index (χ0n) is 20.4. The highest BCUT2D eigenvalue weighted by Gasteiger charge is 2.50. The molecule has 2 aromatic carbocycles. The van der Waals surface area contributed by atoms with Gasteiger partial charge in [-0.2, -0.15) is 12.7 Å². The second kappa shape index (κ2) is 8.95. The molecule has 200 valence electrons. The van der Waals surface area contributed by atoms with E-state index in [9.17, 15) is 27.5 Å². The van der Waals surface area contributed by atoms with Crippen LogP contribution >= 0.6 is 0 Å². The number of H-pyrrole nitrogens is 1. The molecule has 0 bridgehead atoms. The van der Waals surface area contributed by atoms with Crippen LogP contribution in [-0.4, -0.2) is 53.0 Å². The van der Waals surface area contributed by atoms with E-state index in [2.05, 4.69) is 14.7 Å². The topological polar surface area (TPSA) is 132 Å². The van der Waals surface area contributed by atoms with Gasteiger partial charge in [0.15, 0.2) is 12.1 Å². The predicted molar refractivity (Wildman–Crippen MR) is 139 cm³/mol. The van der Waals surface area contributed by atoms with E-state index in [4.69, 9.17) is 0 Å². The Morgan fingerprint density at radius 2 is 1.92 bits per heavy atom. The lowest BCUT2D eigenvalue weighted by Crippen LogP contribution is -2.34. The molecule has 4 aromatic rings. The summed E-state index contributed by atoms with van der Waals surface area (Å²) in [6.07, 6.45) is 5.90. The second-order valence-corrected chi connectivity index (χ2v) is 11.7. The average Bonchev–Trinajstić information content (AvgIpc) is 3.32. The maximum Gasteiger partial charge on any atom is 0.301 e. The highest BCUT2D eigenvalue weighted by Crippen LogP contribution is 2.53. The molecule has 1 aliphatic carbocycles. The number of aromatic hydroxyl groups is 1. The van der Waals surface area contributed by atoms with E-state index in [0.29, 0.717) is 30.5 Å². The molecule has 1 aliphatic heterocycles. The van der Waals surface area contributed by atoms with Gasteiger partial charge >= 0.3 is 10.2 Å². The van der Waals surface area contributed by atoms with Crippen molar-refractivity contribution in [2.45, 2.75) is 19.3 Å². The third kappa shape index (κ3) is 4.35. The van der Waals surface area contributed by atoms with Crippen LogP contribution in [0.3, 0.4) is 0 Å². The number of halogens is 2. The van der Waals surface area contributed by atoms with Gasteiger partial charge in [0.1, 0.15) is 17.2 Å². The molecule has 2 aliphatic rings. The van der Waals surface area contributed by atoms with Crippen LogP contribution in [0.4, 0.5) is 14.5 Å². The van der Waals surface area contributed by atoms with Crippen molar-refractivity contribution in [3.05, 3.63) is 77.1 Å². The lowest BCUT2D eigenvalue weighted by molar-refractivity contribution is 0.103. The Morgan fingerprint density at radius 3 is 2.62 bits per heavy atom. The lowest BCUT2D eigenvalue weighted by atomic mass is 9.99. The number of nitrogens with zero attached hydrogens (tertiary/aromatic N) is 2. The number of aldehydes is 1. The molecule has 9 nitrogen and oxygen atoms in total. The minimum atomic E-state index is -4.10. The number of hydrogen-bond donors (Lipinski definition) is 3. The monoisotopic (exact) mass is 552 g/mol. The number of hydrogen-bond acceptors (Lipinski definition) is 6. The van der Waals surface area contributed by atoms with Gasteiger partial charge in [-0.15, -0.1) is 0 Å². The highest BCUT2D eigenvalue weighted by molar-refractivity contribution is 7.90. The number of aromatic amines is 1. The van der Waals surface area contributed by atoms with Crippen LogP contribution < -0.4 is 4.72 Å². The molecular formula is C27H22F2N4O5S. The van der Waals surface area contributed by atoms with Gasteiger partial charge in [-0.3, -0.25) is 14.3 Å². The van der Waals surface area contributed by atoms with E-state index in [1.807, 2.05) is 0 Å². The van der Waals surface area contributed by atoms with Crippen LogP contribution in [0.15, 0.2) is 48.8 Å². The van der Waals surface area contributed by atoms with Crippen LogP contribution in [0.5, 0.6) is 5.75 Å². The van der Waals surface area contributed by atoms with Crippen molar-refractivity contribution in [1.82, 2.24) is 14.3 Å². The minimum absolute atomic E-state index is 0.00864. The third-order valence-corrected chi connectivity index (χ3v) is 8.99. The fraction of sp³-hybridized carbons (Fsp3) is 0.222. The summed E-state index contributed by atoms with van der Waals surface area (Å²) in [6, 6.07) is 7.73. The van der Waals surface area contributed by atoms with Crippen molar-refractivity contribution in [3.8, 4) is 16.9 Å². The first-order valence-electron chi connectivity index (χ1n) is 12.2. The summed E-state index contributed by atoms with van der Waals surface area (Å²) in [4.78, 5) is 31.5. The summed E-state index contributed by atoms with van der Waals surface area (Å²) >= 11 is 0. The van der Waals surface area contributed by atoms with Crippen LogP contribution in [-0.2, 0) is 10.2 Å². The number of aromatic nitrogens is 2. The summed E-state index contributed by atoms with van der Waals surface area (Å²) < 4.78 is 59.6. The molecule has 0 unspecified atom stereocenters. The van der Waals surface area contributed by atoms with E-state index in [0.717, 1.165) is 31.4 Å². The molecule has 6 rings (SSSR count). The Labute approximate surface area is 221 Å². The highest BCUT2D eigenvalue weighted by atomic mass is 32.2.